The second kappa shape index (κ2) is 18.6. The van der Waals surface area contributed by atoms with Gasteiger partial charge in [0.1, 0.15) is 5.60 Å². The van der Waals surface area contributed by atoms with Crippen molar-refractivity contribution >= 4 is 23.6 Å². The largest absolute Gasteiger partial charge is 0.444 e. The average Bonchev–Trinajstić information content (AvgIpc) is 2.74. The Morgan fingerprint density at radius 1 is 1.14 bits per heavy atom. The van der Waals surface area contributed by atoms with Gasteiger partial charge in [0.2, 0.25) is 5.91 Å². The van der Waals surface area contributed by atoms with Crippen LogP contribution in [0.15, 0.2) is 30.3 Å². The number of hydrogen-bond acceptors (Lipinski definition) is 5. The molecule has 0 saturated carbocycles. The van der Waals surface area contributed by atoms with Crippen molar-refractivity contribution in [2.45, 2.75) is 72.7 Å². The molecular weight excluding hydrogens is 468 g/mol. The van der Waals surface area contributed by atoms with Crippen molar-refractivity contribution in [3.63, 3.8) is 0 Å². The van der Waals surface area contributed by atoms with Crippen molar-refractivity contribution in [3.05, 3.63) is 35.4 Å². The molecule has 2 amide bonds. The van der Waals surface area contributed by atoms with Crippen LogP contribution in [0.2, 0.25) is 5.02 Å². The predicted octanol–water partition coefficient (Wildman–Crippen LogP) is 4.34. The number of aliphatic hydroxyl groups is 2. The lowest BCUT2D eigenvalue weighted by atomic mass is 9.79. The molecule has 198 valence electrons. The molecule has 0 aliphatic carbocycles. The molecule has 1 aromatic rings. The Balaban J connectivity index is -0.000000452. The van der Waals surface area contributed by atoms with Gasteiger partial charge >= 0.3 is 6.09 Å². The standard InChI is InChI=1S/C12H23NO3.C6H5Cl.C5H11NO2.2C2H2/c1-8(2)5-10(15)13-6-9(14)11(16)12(3,4)7-13;7-6-4-2-1-3-5-6;1-5(2,3)8-4(6)7;2*1-2/h8-9,11,14,16H,5-7H2,1-4H3;1-5H;1-3H3,(H2,6,7);2*1-2H/t9-,11-;;;;/m0..../s1. The van der Waals surface area contributed by atoms with E-state index < -0.39 is 29.3 Å². The van der Waals surface area contributed by atoms with Crippen molar-refractivity contribution < 1.29 is 24.5 Å². The van der Waals surface area contributed by atoms with Crippen LogP contribution in [0.5, 0.6) is 0 Å². The van der Waals surface area contributed by atoms with Crippen LogP contribution in [0.1, 0.15) is 54.9 Å². The molecule has 0 spiro atoms. The van der Waals surface area contributed by atoms with Gasteiger partial charge in [-0.25, -0.2) is 4.79 Å². The highest BCUT2D eigenvalue weighted by Gasteiger charge is 2.41. The van der Waals surface area contributed by atoms with E-state index in [4.69, 9.17) is 17.3 Å². The van der Waals surface area contributed by atoms with E-state index in [2.05, 4.69) is 30.4 Å². The van der Waals surface area contributed by atoms with E-state index in [0.717, 1.165) is 5.02 Å². The predicted molar refractivity (Wildman–Crippen MR) is 143 cm³/mol. The number of likely N-dealkylation sites (tertiary alicyclic amines) is 1. The van der Waals surface area contributed by atoms with E-state index >= 15 is 0 Å². The molecule has 0 aromatic heterocycles. The van der Waals surface area contributed by atoms with Gasteiger partial charge in [-0.3, -0.25) is 4.79 Å². The molecule has 4 N–H and O–H groups in total. The summed E-state index contributed by atoms with van der Waals surface area (Å²) in [5.41, 5.74) is 3.82. The minimum absolute atomic E-state index is 0.0639. The molecule has 1 aromatic carbocycles. The number of ether oxygens (including phenoxy) is 1. The molecule has 1 aliphatic heterocycles. The van der Waals surface area contributed by atoms with Gasteiger partial charge in [-0.05, 0) is 38.8 Å². The van der Waals surface area contributed by atoms with Crippen LogP contribution in [0.3, 0.4) is 0 Å². The summed E-state index contributed by atoms with van der Waals surface area (Å²) in [6, 6.07) is 9.44. The smallest absolute Gasteiger partial charge is 0.405 e. The second-order valence-electron chi connectivity index (χ2n) is 9.70. The Labute approximate surface area is 217 Å². The van der Waals surface area contributed by atoms with Gasteiger partial charge in [0.25, 0.3) is 0 Å². The SMILES string of the molecule is C#C.C#C.CC(C)(C)OC(N)=O.CC(C)CC(=O)N1C[C@H](O)[C@H](O)C(C)(C)C1.Clc1ccccc1. The Morgan fingerprint density at radius 3 is 1.86 bits per heavy atom. The number of carbonyl (C=O) groups is 2. The van der Waals surface area contributed by atoms with Crippen molar-refractivity contribution in [2.24, 2.45) is 17.1 Å². The first-order chi connectivity index (χ1) is 16.0. The van der Waals surface area contributed by atoms with E-state index in [9.17, 15) is 19.8 Å². The zero-order valence-corrected chi connectivity index (χ0v) is 22.8. The van der Waals surface area contributed by atoms with Gasteiger partial charge in [-0.2, -0.15) is 0 Å². The molecule has 0 bridgehead atoms. The number of terminal acetylenes is 2. The van der Waals surface area contributed by atoms with Gasteiger partial charge in [-0.15, -0.1) is 25.7 Å². The summed E-state index contributed by atoms with van der Waals surface area (Å²) in [6.07, 6.45) is 14.2. The maximum atomic E-state index is 11.9. The number of hydrogen-bond donors (Lipinski definition) is 3. The van der Waals surface area contributed by atoms with Gasteiger partial charge < -0.3 is 25.6 Å². The lowest BCUT2D eigenvalue weighted by Crippen LogP contribution is -2.58. The molecule has 35 heavy (non-hydrogen) atoms. The lowest BCUT2D eigenvalue weighted by molar-refractivity contribution is -0.150. The summed E-state index contributed by atoms with van der Waals surface area (Å²) < 4.78 is 4.58. The highest BCUT2D eigenvalue weighted by molar-refractivity contribution is 6.30. The molecular formula is C27H43ClN2O5. The summed E-state index contributed by atoms with van der Waals surface area (Å²) in [5, 5.41) is 20.3. The second-order valence-corrected chi connectivity index (χ2v) is 10.1. The molecule has 1 saturated heterocycles. The Bertz CT molecular complexity index is 749. The molecule has 7 nitrogen and oxygen atoms in total. The fraction of sp³-hybridized carbons (Fsp3) is 0.556. The summed E-state index contributed by atoms with van der Waals surface area (Å²) in [6.45, 7) is 13.8. The van der Waals surface area contributed by atoms with E-state index in [1.807, 2.05) is 58.0 Å². The molecule has 2 rings (SSSR count). The Kier molecular flexibility index (Phi) is 19.6. The first-order valence-electron chi connectivity index (χ1n) is 11.0. The molecule has 2 atom stereocenters. The van der Waals surface area contributed by atoms with E-state index in [0.29, 0.717) is 18.9 Å². The lowest BCUT2D eigenvalue weighted by Gasteiger charge is -2.44. The minimum Gasteiger partial charge on any atom is -0.444 e. The first-order valence-corrected chi connectivity index (χ1v) is 11.4. The van der Waals surface area contributed by atoms with E-state index in [1.165, 1.54) is 0 Å². The van der Waals surface area contributed by atoms with Gasteiger partial charge in [-0.1, -0.05) is 57.5 Å². The monoisotopic (exact) mass is 510 g/mol. The molecule has 1 heterocycles. The highest BCUT2D eigenvalue weighted by atomic mass is 35.5. The van der Waals surface area contributed by atoms with Crippen LogP contribution in [-0.2, 0) is 9.53 Å². The van der Waals surface area contributed by atoms with Crippen LogP contribution in [-0.4, -0.2) is 58.0 Å². The number of halogens is 1. The number of aliphatic hydroxyl groups excluding tert-OH is 2. The van der Waals surface area contributed by atoms with Crippen LogP contribution < -0.4 is 5.73 Å². The van der Waals surface area contributed by atoms with E-state index in [-0.39, 0.29) is 12.5 Å². The summed E-state index contributed by atoms with van der Waals surface area (Å²) in [7, 11) is 0. The average molecular weight is 511 g/mol. The van der Waals surface area contributed by atoms with Gasteiger partial charge in [0.15, 0.2) is 0 Å². The number of carbonyl (C=O) groups excluding carboxylic acids is 2. The normalized spacial score (nSPS) is 17.9. The van der Waals surface area contributed by atoms with E-state index in [1.54, 1.807) is 25.7 Å². The number of rotatable bonds is 2. The molecule has 0 radical (unpaired) electrons. The van der Waals surface area contributed by atoms with Crippen LogP contribution in [0.25, 0.3) is 0 Å². The number of piperidine rings is 1. The summed E-state index contributed by atoms with van der Waals surface area (Å²) >= 11 is 5.54. The Hall–Kier alpha value is -2.71. The third-order valence-corrected chi connectivity index (χ3v) is 4.50. The number of nitrogens with zero attached hydrogens (tertiary/aromatic N) is 1. The maximum absolute atomic E-state index is 11.9. The van der Waals surface area contributed by atoms with Crippen LogP contribution in [0.4, 0.5) is 4.79 Å². The van der Waals surface area contributed by atoms with Crippen molar-refractivity contribution in [3.8, 4) is 25.7 Å². The molecule has 1 aliphatic rings. The molecule has 8 heteroatoms. The van der Waals surface area contributed by atoms with Gasteiger partial charge in [0, 0.05) is 29.9 Å². The fourth-order valence-electron chi connectivity index (χ4n) is 2.88. The van der Waals surface area contributed by atoms with Crippen molar-refractivity contribution in [1.82, 2.24) is 4.90 Å². The van der Waals surface area contributed by atoms with Crippen molar-refractivity contribution in [2.75, 3.05) is 13.1 Å². The first kappa shape index (κ1) is 36.9. The third-order valence-electron chi connectivity index (χ3n) is 4.25. The maximum Gasteiger partial charge on any atom is 0.405 e. The molecule has 1 fully saturated rings. The van der Waals surface area contributed by atoms with Gasteiger partial charge in [0.05, 0.1) is 12.2 Å². The number of primary amides is 1. The fourth-order valence-corrected chi connectivity index (χ4v) is 3.03. The quantitative estimate of drug-likeness (QED) is 0.512. The third kappa shape index (κ3) is 19.3. The summed E-state index contributed by atoms with van der Waals surface area (Å²) in [4.78, 5) is 23.6. The number of benzene rings is 1. The zero-order chi connectivity index (χ0) is 28.4. The minimum atomic E-state index is -0.833. The number of amides is 2. The topological polar surface area (TPSA) is 113 Å². The van der Waals surface area contributed by atoms with Crippen molar-refractivity contribution in [1.29, 1.82) is 0 Å². The molecule has 0 unspecified atom stereocenters. The Morgan fingerprint density at radius 2 is 1.60 bits per heavy atom. The van der Waals surface area contributed by atoms with Crippen LogP contribution in [0, 0.1) is 37.0 Å². The van der Waals surface area contributed by atoms with Crippen LogP contribution >= 0.6 is 11.6 Å². The number of nitrogens with two attached hydrogens (primary N) is 1. The summed E-state index contributed by atoms with van der Waals surface area (Å²) in [5.74, 6) is 0.383. The highest BCUT2D eigenvalue weighted by Crippen LogP contribution is 2.30. The number of β-amino-alcohol motifs (C(OH)–C–C–N with tert-alkyl or cyclic N) is 1. The zero-order valence-electron chi connectivity index (χ0n) is 22.1.